The minimum atomic E-state index is 0.157. The van der Waals surface area contributed by atoms with Gasteiger partial charge in [-0.1, -0.05) is 0 Å². The maximum atomic E-state index is 8.25. The van der Waals surface area contributed by atoms with Gasteiger partial charge in [0.25, 0.3) is 0 Å². The van der Waals surface area contributed by atoms with E-state index < -0.39 is 0 Å². The molecule has 0 aromatic carbocycles. The Morgan fingerprint density at radius 1 is 1.83 bits per heavy atom. The van der Waals surface area contributed by atoms with Gasteiger partial charge in [-0.3, -0.25) is 0 Å². The zero-order valence-corrected chi connectivity index (χ0v) is 3.72. The lowest BCUT2D eigenvalue weighted by atomic mass is 10.4. The predicted octanol–water partition coefficient (Wildman–Crippen LogP) is -0.234. The van der Waals surface area contributed by atoms with Crippen LogP contribution in [0, 0.1) is 0 Å². The van der Waals surface area contributed by atoms with E-state index in [-0.39, 0.29) is 12.7 Å². The van der Waals surface area contributed by atoms with Crippen LogP contribution >= 0.6 is 0 Å². The number of rotatable bonds is 1. The van der Waals surface area contributed by atoms with Crippen molar-refractivity contribution >= 4 is 0 Å². The highest BCUT2D eigenvalue weighted by molar-refractivity contribution is 4.78. The normalized spacial score (nSPS) is 43.0. The molecular weight excluding hydrogens is 80.0 g/mol. The summed E-state index contributed by atoms with van der Waals surface area (Å²) in [6.45, 7) is 2.13. The SMILES string of the molecule is C[C@H]1O[C@@H]1CO. The van der Waals surface area contributed by atoms with Gasteiger partial charge in [0.1, 0.15) is 6.10 Å². The lowest BCUT2D eigenvalue weighted by Gasteiger charge is -1.73. The summed E-state index contributed by atoms with van der Waals surface area (Å²) in [4.78, 5) is 0. The molecule has 0 spiro atoms. The molecule has 0 unspecified atom stereocenters. The van der Waals surface area contributed by atoms with E-state index >= 15 is 0 Å². The minimum Gasteiger partial charge on any atom is -0.394 e. The molecule has 0 aromatic rings. The van der Waals surface area contributed by atoms with Gasteiger partial charge in [-0.15, -0.1) is 0 Å². The van der Waals surface area contributed by atoms with Crippen molar-refractivity contribution < 1.29 is 9.84 Å². The van der Waals surface area contributed by atoms with Crippen LogP contribution < -0.4 is 0 Å². The van der Waals surface area contributed by atoms with Crippen LogP contribution in [-0.4, -0.2) is 23.9 Å². The molecule has 0 aromatic heterocycles. The summed E-state index contributed by atoms with van der Waals surface area (Å²) < 4.78 is 4.82. The van der Waals surface area contributed by atoms with Gasteiger partial charge in [0.05, 0.1) is 12.7 Å². The van der Waals surface area contributed by atoms with Gasteiger partial charge in [0.2, 0.25) is 0 Å². The molecule has 1 rings (SSSR count). The van der Waals surface area contributed by atoms with Crippen molar-refractivity contribution in [2.75, 3.05) is 6.61 Å². The van der Waals surface area contributed by atoms with Crippen LogP contribution in [0.1, 0.15) is 6.92 Å². The highest BCUT2D eigenvalue weighted by Gasteiger charge is 2.32. The number of ether oxygens (including phenoxy) is 1. The Balaban J connectivity index is 2.09. The van der Waals surface area contributed by atoms with E-state index in [9.17, 15) is 0 Å². The topological polar surface area (TPSA) is 32.8 Å². The number of epoxide rings is 1. The summed E-state index contributed by atoms with van der Waals surface area (Å²) in [5.41, 5.74) is 0. The van der Waals surface area contributed by atoms with Crippen LogP contribution in [0.3, 0.4) is 0 Å². The Labute approximate surface area is 36.7 Å². The fraction of sp³-hybridized carbons (Fsp3) is 1.00. The lowest BCUT2D eigenvalue weighted by Crippen LogP contribution is -1.93. The molecule has 1 heterocycles. The summed E-state index contributed by atoms with van der Waals surface area (Å²) in [7, 11) is 0. The van der Waals surface area contributed by atoms with Gasteiger partial charge < -0.3 is 9.84 Å². The Kier molecular flexibility index (Phi) is 0.821. The average molecular weight is 88.1 g/mol. The van der Waals surface area contributed by atoms with E-state index in [0.717, 1.165) is 0 Å². The maximum Gasteiger partial charge on any atom is 0.107 e. The van der Waals surface area contributed by atoms with Gasteiger partial charge in [0.15, 0.2) is 0 Å². The van der Waals surface area contributed by atoms with Gasteiger partial charge in [-0.25, -0.2) is 0 Å². The largest absolute Gasteiger partial charge is 0.394 e. The summed E-state index contributed by atoms with van der Waals surface area (Å²) in [5, 5.41) is 8.25. The van der Waals surface area contributed by atoms with Gasteiger partial charge >= 0.3 is 0 Å². The lowest BCUT2D eigenvalue weighted by molar-refractivity contribution is 0.242. The molecule has 1 saturated heterocycles. The van der Waals surface area contributed by atoms with Crippen molar-refractivity contribution in [3.8, 4) is 0 Å². The van der Waals surface area contributed by atoms with E-state index in [1.165, 1.54) is 0 Å². The second kappa shape index (κ2) is 1.21. The molecule has 1 aliphatic rings. The second-order valence-corrected chi connectivity index (χ2v) is 1.56. The van der Waals surface area contributed by atoms with E-state index in [4.69, 9.17) is 9.84 Å². The number of hydrogen-bond acceptors (Lipinski definition) is 2. The van der Waals surface area contributed by atoms with Crippen LogP contribution in [0.15, 0.2) is 0 Å². The van der Waals surface area contributed by atoms with Crippen LogP contribution in [0.5, 0.6) is 0 Å². The molecular formula is C4H8O2. The van der Waals surface area contributed by atoms with E-state index in [0.29, 0.717) is 6.10 Å². The first-order valence-electron chi connectivity index (χ1n) is 2.11. The molecule has 2 heteroatoms. The Morgan fingerprint density at radius 2 is 2.33 bits per heavy atom. The second-order valence-electron chi connectivity index (χ2n) is 1.56. The predicted molar refractivity (Wildman–Crippen MR) is 21.4 cm³/mol. The van der Waals surface area contributed by atoms with Crippen LogP contribution in [0.2, 0.25) is 0 Å². The molecule has 2 atom stereocenters. The zero-order valence-electron chi connectivity index (χ0n) is 3.72. The third-order valence-electron chi connectivity index (χ3n) is 1.02. The van der Waals surface area contributed by atoms with Gasteiger partial charge in [0, 0.05) is 0 Å². The van der Waals surface area contributed by atoms with Crippen LogP contribution in [0.4, 0.5) is 0 Å². The maximum absolute atomic E-state index is 8.25. The number of hydrogen-bond donors (Lipinski definition) is 1. The molecule has 0 bridgehead atoms. The molecule has 2 nitrogen and oxygen atoms in total. The first kappa shape index (κ1) is 4.09. The van der Waals surface area contributed by atoms with E-state index in [1.54, 1.807) is 0 Å². The third-order valence-corrected chi connectivity index (χ3v) is 1.02. The first-order chi connectivity index (χ1) is 2.84. The monoisotopic (exact) mass is 88.1 g/mol. The van der Waals surface area contributed by atoms with Crippen molar-refractivity contribution in [1.29, 1.82) is 0 Å². The van der Waals surface area contributed by atoms with Gasteiger partial charge in [-0.2, -0.15) is 0 Å². The van der Waals surface area contributed by atoms with Crippen LogP contribution in [0.25, 0.3) is 0 Å². The fourth-order valence-corrected chi connectivity index (χ4v) is 0.422. The molecule has 0 aliphatic carbocycles. The van der Waals surface area contributed by atoms with Crippen molar-refractivity contribution in [2.24, 2.45) is 0 Å². The molecule has 6 heavy (non-hydrogen) atoms. The van der Waals surface area contributed by atoms with E-state index in [1.807, 2.05) is 6.92 Å². The molecule has 0 saturated carbocycles. The first-order valence-corrected chi connectivity index (χ1v) is 2.11. The summed E-state index contributed by atoms with van der Waals surface area (Å²) >= 11 is 0. The zero-order chi connectivity index (χ0) is 4.57. The number of aliphatic hydroxyl groups is 1. The van der Waals surface area contributed by atoms with Crippen LogP contribution in [-0.2, 0) is 4.74 Å². The highest BCUT2D eigenvalue weighted by atomic mass is 16.6. The minimum absolute atomic E-state index is 0.157. The van der Waals surface area contributed by atoms with Gasteiger partial charge in [-0.05, 0) is 6.92 Å². The Hall–Kier alpha value is -0.0800. The van der Waals surface area contributed by atoms with Crippen molar-refractivity contribution in [1.82, 2.24) is 0 Å². The molecule has 1 aliphatic heterocycles. The number of aliphatic hydroxyl groups excluding tert-OH is 1. The molecule has 36 valence electrons. The Morgan fingerprint density at radius 3 is 2.33 bits per heavy atom. The molecule has 1 N–H and O–H groups in total. The molecule has 0 radical (unpaired) electrons. The molecule has 0 amide bonds. The Bertz CT molecular complexity index is 51.5. The fourth-order valence-electron chi connectivity index (χ4n) is 0.422. The standard InChI is InChI=1S/C4H8O2/c1-3-4(2-5)6-3/h3-5H,2H2,1H3/t3-,4-/m1/s1. The smallest absolute Gasteiger partial charge is 0.107 e. The molecule has 1 fully saturated rings. The van der Waals surface area contributed by atoms with Crippen molar-refractivity contribution in [2.45, 2.75) is 19.1 Å². The van der Waals surface area contributed by atoms with Crippen molar-refractivity contribution in [3.05, 3.63) is 0 Å². The average Bonchev–Trinajstić information content (AvgIpc) is 2.19. The van der Waals surface area contributed by atoms with E-state index in [2.05, 4.69) is 0 Å². The summed E-state index contributed by atoms with van der Waals surface area (Å²) in [6.07, 6.45) is 0.472. The summed E-state index contributed by atoms with van der Waals surface area (Å²) in [6, 6.07) is 0. The quantitative estimate of drug-likeness (QED) is 0.449. The third kappa shape index (κ3) is 0.533. The van der Waals surface area contributed by atoms with Crippen molar-refractivity contribution in [3.63, 3.8) is 0 Å². The highest BCUT2D eigenvalue weighted by Crippen LogP contribution is 2.18. The summed E-state index contributed by atoms with van der Waals surface area (Å²) in [5.74, 6) is 0.